The number of hydrogen-bond acceptors (Lipinski definition) is 1. The van der Waals surface area contributed by atoms with Crippen LogP contribution in [0.2, 0.25) is 10.0 Å². The van der Waals surface area contributed by atoms with Gasteiger partial charge in [0, 0.05) is 11.6 Å². The Morgan fingerprint density at radius 2 is 1.80 bits per heavy atom. The first-order valence-electron chi connectivity index (χ1n) is 6.42. The Morgan fingerprint density at radius 1 is 1.10 bits per heavy atom. The van der Waals surface area contributed by atoms with E-state index in [1.165, 1.54) is 0 Å². The first-order chi connectivity index (χ1) is 9.58. The molecular formula is C16H13Cl2NO. The molecule has 0 bridgehead atoms. The van der Waals surface area contributed by atoms with Crippen molar-refractivity contribution in [2.45, 2.75) is 19.5 Å². The van der Waals surface area contributed by atoms with Gasteiger partial charge in [-0.25, -0.2) is 0 Å². The molecule has 4 heteroatoms. The third kappa shape index (κ3) is 2.19. The van der Waals surface area contributed by atoms with E-state index in [9.17, 15) is 4.79 Å². The molecule has 1 aliphatic heterocycles. The second kappa shape index (κ2) is 5.12. The summed E-state index contributed by atoms with van der Waals surface area (Å²) < 4.78 is 0. The molecule has 1 atom stereocenters. The van der Waals surface area contributed by atoms with Crippen molar-refractivity contribution >= 4 is 29.1 Å². The molecule has 3 rings (SSSR count). The quantitative estimate of drug-likeness (QED) is 0.787. The van der Waals surface area contributed by atoms with Gasteiger partial charge in [0.2, 0.25) is 0 Å². The molecule has 0 radical (unpaired) electrons. The predicted molar refractivity (Wildman–Crippen MR) is 81.2 cm³/mol. The van der Waals surface area contributed by atoms with Gasteiger partial charge in [-0.3, -0.25) is 4.79 Å². The van der Waals surface area contributed by atoms with Crippen LogP contribution in [0.1, 0.15) is 34.5 Å². The molecule has 0 saturated carbocycles. The number of hydrogen-bond donors (Lipinski definition) is 0. The predicted octanol–water partition coefficient (Wildman–Crippen LogP) is 4.71. The lowest BCUT2D eigenvalue weighted by molar-refractivity contribution is 0.0716. The maximum Gasteiger partial charge on any atom is 0.256 e. The summed E-state index contributed by atoms with van der Waals surface area (Å²) in [5, 5.41) is 1.22. The highest BCUT2D eigenvalue weighted by Gasteiger charge is 2.32. The molecule has 20 heavy (non-hydrogen) atoms. The summed E-state index contributed by atoms with van der Waals surface area (Å²) in [5.74, 6) is -0.00644. The van der Waals surface area contributed by atoms with E-state index in [0.717, 1.165) is 11.1 Å². The highest BCUT2D eigenvalue weighted by molar-refractivity contribution is 6.34. The van der Waals surface area contributed by atoms with Crippen LogP contribution in [-0.4, -0.2) is 10.8 Å². The average Bonchev–Trinajstić information content (AvgIpc) is 2.77. The molecule has 0 spiro atoms. The number of rotatable bonds is 2. The summed E-state index contributed by atoms with van der Waals surface area (Å²) in [6.45, 7) is 2.61. The fourth-order valence-corrected chi connectivity index (χ4v) is 2.97. The maximum atomic E-state index is 12.5. The number of carbonyl (C=O) groups is 1. The molecule has 0 N–H and O–H groups in total. The van der Waals surface area contributed by atoms with Crippen molar-refractivity contribution < 1.29 is 4.79 Å². The molecule has 1 heterocycles. The first-order valence-corrected chi connectivity index (χ1v) is 7.17. The molecule has 0 unspecified atom stereocenters. The Morgan fingerprint density at radius 3 is 2.45 bits per heavy atom. The van der Waals surface area contributed by atoms with E-state index in [4.69, 9.17) is 23.2 Å². The third-order valence-electron chi connectivity index (χ3n) is 3.74. The van der Waals surface area contributed by atoms with Crippen molar-refractivity contribution in [1.82, 2.24) is 4.90 Å². The smallest absolute Gasteiger partial charge is 0.256 e. The number of fused-ring (bicyclic) bond motifs is 1. The van der Waals surface area contributed by atoms with Gasteiger partial charge in [0.15, 0.2) is 0 Å². The van der Waals surface area contributed by atoms with E-state index in [0.29, 0.717) is 22.2 Å². The zero-order valence-corrected chi connectivity index (χ0v) is 12.4. The summed E-state index contributed by atoms with van der Waals surface area (Å²) in [4.78, 5) is 14.3. The van der Waals surface area contributed by atoms with Gasteiger partial charge in [-0.05, 0) is 36.2 Å². The van der Waals surface area contributed by atoms with Crippen LogP contribution in [0.25, 0.3) is 0 Å². The monoisotopic (exact) mass is 305 g/mol. The summed E-state index contributed by atoms with van der Waals surface area (Å²) >= 11 is 12.0. The Balaban J connectivity index is 1.92. The van der Waals surface area contributed by atoms with Crippen molar-refractivity contribution in [1.29, 1.82) is 0 Å². The minimum Gasteiger partial charge on any atom is -0.327 e. The zero-order valence-electron chi connectivity index (χ0n) is 10.9. The zero-order chi connectivity index (χ0) is 14.3. The van der Waals surface area contributed by atoms with Gasteiger partial charge >= 0.3 is 0 Å². The van der Waals surface area contributed by atoms with Crippen molar-refractivity contribution in [3.63, 3.8) is 0 Å². The minimum absolute atomic E-state index is 0.00644. The van der Waals surface area contributed by atoms with E-state index in [-0.39, 0.29) is 11.9 Å². The molecule has 1 aliphatic rings. The number of benzene rings is 2. The highest BCUT2D eigenvalue weighted by Crippen LogP contribution is 2.34. The van der Waals surface area contributed by atoms with E-state index in [1.807, 2.05) is 48.2 Å². The Kier molecular flexibility index (Phi) is 3.45. The molecular weight excluding hydrogens is 293 g/mol. The molecule has 0 fully saturated rings. The SMILES string of the molecule is C[C@@H](c1ccc(Cl)cc1)N1Cc2cccc(Cl)c2C1=O. The van der Waals surface area contributed by atoms with Gasteiger partial charge in [0.1, 0.15) is 0 Å². The number of nitrogens with zero attached hydrogens (tertiary/aromatic N) is 1. The van der Waals surface area contributed by atoms with Crippen LogP contribution in [0.5, 0.6) is 0 Å². The lowest BCUT2D eigenvalue weighted by Gasteiger charge is -2.24. The van der Waals surface area contributed by atoms with E-state index in [1.54, 1.807) is 6.07 Å². The van der Waals surface area contributed by atoms with Crippen molar-refractivity contribution in [2.24, 2.45) is 0 Å². The van der Waals surface area contributed by atoms with Crippen molar-refractivity contribution in [3.8, 4) is 0 Å². The van der Waals surface area contributed by atoms with Gasteiger partial charge in [-0.2, -0.15) is 0 Å². The lowest BCUT2D eigenvalue weighted by Crippen LogP contribution is -2.27. The van der Waals surface area contributed by atoms with Gasteiger partial charge in [-0.15, -0.1) is 0 Å². The third-order valence-corrected chi connectivity index (χ3v) is 4.30. The second-order valence-corrected chi connectivity index (χ2v) is 5.78. The molecule has 2 aromatic carbocycles. The average molecular weight is 306 g/mol. The van der Waals surface area contributed by atoms with Crippen LogP contribution in [0.4, 0.5) is 0 Å². The molecule has 0 aliphatic carbocycles. The van der Waals surface area contributed by atoms with Crippen LogP contribution in [0.15, 0.2) is 42.5 Å². The summed E-state index contributed by atoms with van der Waals surface area (Å²) in [6, 6.07) is 13.2. The van der Waals surface area contributed by atoms with E-state index in [2.05, 4.69) is 0 Å². The molecule has 1 amide bonds. The first kappa shape index (κ1) is 13.5. The van der Waals surface area contributed by atoms with Gasteiger partial charge in [-0.1, -0.05) is 47.5 Å². The van der Waals surface area contributed by atoms with E-state index >= 15 is 0 Å². The Labute approximate surface area is 127 Å². The van der Waals surface area contributed by atoms with Crippen LogP contribution >= 0.6 is 23.2 Å². The van der Waals surface area contributed by atoms with Crippen LogP contribution in [0.3, 0.4) is 0 Å². The van der Waals surface area contributed by atoms with E-state index < -0.39 is 0 Å². The van der Waals surface area contributed by atoms with Crippen molar-refractivity contribution in [3.05, 3.63) is 69.2 Å². The highest BCUT2D eigenvalue weighted by atomic mass is 35.5. The fourth-order valence-electron chi connectivity index (χ4n) is 2.57. The normalized spacial score (nSPS) is 15.3. The molecule has 2 aromatic rings. The number of amides is 1. The topological polar surface area (TPSA) is 20.3 Å². The summed E-state index contributed by atoms with van der Waals surface area (Å²) in [6.07, 6.45) is 0. The number of carbonyl (C=O) groups excluding carboxylic acids is 1. The lowest BCUT2D eigenvalue weighted by atomic mass is 10.1. The fraction of sp³-hybridized carbons (Fsp3) is 0.188. The largest absolute Gasteiger partial charge is 0.327 e. The van der Waals surface area contributed by atoms with Crippen LogP contribution in [-0.2, 0) is 6.54 Å². The molecule has 2 nitrogen and oxygen atoms in total. The van der Waals surface area contributed by atoms with Crippen molar-refractivity contribution in [2.75, 3.05) is 0 Å². The number of halogens is 2. The molecule has 102 valence electrons. The van der Waals surface area contributed by atoms with Gasteiger partial charge in [0.05, 0.1) is 16.6 Å². The second-order valence-electron chi connectivity index (χ2n) is 4.93. The minimum atomic E-state index is -0.0109. The Hall–Kier alpha value is -1.51. The van der Waals surface area contributed by atoms with Gasteiger partial charge < -0.3 is 4.90 Å². The van der Waals surface area contributed by atoms with Crippen LogP contribution < -0.4 is 0 Å². The molecule has 0 aromatic heterocycles. The Bertz CT molecular complexity index is 667. The van der Waals surface area contributed by atoms with Crippen LogP contribution in [0, 0.1) is 0 Å². The standard InChI is InChI=1S/C16H13Cl2NO/c1-10(11-5-7-13(17)8-6-11)19-9-12-3-2-4-14(18)15(12)16(19)20/h2-8,10H,9H2,1H3/t10-/m0/s1. The van der Waals surface area contributed by atoms with Gasteiger partial charge in [0.25, 0.3) is 5.91 Å². The summed E-state index contributed by atoms with van der Waals surface area (Å²) in [7, 11) is 0. The molecule has 0 saturated heterocycles. The maximum absolute atomic E-state index is 12.5. The summed E-state index contributed by atoms with van der Waals surface area (Å²) in [5.41, 5.74) is 2.69.